The number of hydrogen-bond donors (Lipinski definition) is 0. The minimum absolute atomic E-state index is 0.0121. The van der Waals surface area contributed by atoms with Crippen LogP contribution in [0, 0.1) is 18.3 Å². The summed E-state index contributed by atoms with van der Waals surface area (Å²) in [7, 11) is 0. The molecule has 0 heterocycles. The van der Waals surface area contributed by atoms with Gasteiger partial charge in [-0.05, 0) is 24.7 Å². The van der Waals surface area contributed by atoms with Gasteiger partial charge >= 0.3 is 0 Å². The van der Waals surface area contributed by atoms with E-state index in [-0.39, 0.29) is 5.78 Å². The molecular weight excluding hydrogens is 148 g/mol. The molecular formula is C11H16O. The zero-order valence-electron chi connectivity index (χ0n) is 7.51. The maximum Gasteiger partial charge on any atom is 0.205 e. The molecule has 0 bridgehead atoms. The standard InChI is InChI=1S/C11H16O/c1-2-11(12)9-10-7-5-3-4-6-8-10/h1,10H,3-9H2. The Morgan fingerprint density at radius 3 is 2.33 bits per heavy atom. The van der Waals surface area contributed by atoms with Gasteiger partial charge in [-0.2, -0.15) is 0 Å². The van der Waals surface area contributed by atoms with E-state index in [2.05, 4.69) is 5.92 Å². The highest BCUT2D eigenvalue weighted by Gasteiger charge is 2.14. The Hall–Kier alpha value is -0.770. The molecule has 0 radical (unpaired) electrons. The summed E-state index contributed by atoms with van der Waals surface area (Å²) in [6.45, 7) is 0. The van der Waals surface area contributed by atoms with Gasteiger partial charge in [0.2, 0.25) is 5.78 Å². The third-order valence-corrected chi connectivity index (χ3v) is 2.61. The molecule has 1 fully saturated rings. The Bertz CT molecular complexity index is 180. The van der Waals surface area contributed by atoms with Crippen LogP contribution in [-0.4, -0.2) is 5.78 Å². The second-order valence-electron chi connectivity index (χ2n) is 3.63. The largest absolute Gasteiger partial charge is 0.285 e. The molecule has 1 nitrogen and oxygen atoms in total. The van der Waals surface area contributed by atoms with Crippen molar-refractivity contribution in [3.8, 4) is 12.3 Å². The average molecular weight is 164 g/mol. The van der Waals surface area contributed by atoms with Crippen LogP contribution in [0.2, 0.25) is 0 Å². The molecule has 0 aromatic carbocycles. The lowest BCUT2D eigenvalue weighted by Crippen LogP contribution is -2.05. The number of carbonyl (C=O) groups is 1. The summed E-state index contributed by atoms with van der Waals surface area (Å²) < 4.78 is 0. The van der Waals surface area contributed by atoms with Crippen molar-refractivity contribution in [1.82, 2.24) is 0 Å². The first-order valence-corrected chi connectivity index (χ1v) is 4.82. The van der Waals surface area contributed by atoms with Crippen LogP contribution in [0.1, 0.15) is 44.9 Å². The maximum absolute atomic E-state index is 11.0. The molecule has 1 rings (SSSR count). The summed E-state index contributed by atoms with van der Waals surface area (Å²) in [5, 5.41) is 0. The number of rotatable bonds is 2. The normalized spacial score (nSPS) is 19.6. The monoisotopic (exact) mass is 164 g/mol. The SMILES string of the molecule is C#CC(=O)CC1CCCCCC1. The fraction of sp³-hybridized carbons (Fsp3) is 0.727. The molecule has 0 aromatic rings. The second kappa shape index (κ2) is 4.98. The van der Waals surface area contributed by atoms with Gasteiger partial charge in [0, 0.05) is 6.42 Å². The third-order valence-electron chi connectivity index (χ3n) is 2.61. The molecule has 0 unspecified atom stereocenters. The van der Waals surface area contributed by atoms with E-state index in [4.69, 9.17) is 6.42 Å². The van der Waals surface area contributed by atoms with Gasteiger partial charge in [0.1, 0.15) is 0 Å². The van der Waals surface area contributed by atoms with Crippen molar-refractivity contribution < 1.29 is 4.79 Å². The quantitative estimate of drug-likeness (QED) is 0.348. The first-order valence-electron chi connectivity index (χ1n) is 4.82. The molecule has 66 valence electrons. The number of terminal acetylenes is 1. The molecule has 0 atom stereocenters. The fourth-order valence-corrected chi connectivity index (χ4v) is 1.89. The van der Waals surface area contributed by atoms with E-state index in [1.165, 1.54) is 38.5 Å². The van der Waals surface area contributed by atoms with Gasteiger partial charge in [0.15, 0.2) is 0 Å². The number of carbonyl (C=O) groups excluding carboxylic acids is 1. The minimum atomic E-state index is -0.0121. The highest BCUT2D eigenvalue weighted by molar-refractivity contribution is 5.94. The zero-order chi connectivity index (χ0) is 8.81. The van der Waals surface area contributed by atoms with Gasteiger partial charge in [0.05, 0.1) is 0 Å². The van der Waals surface area contributed by atoms with E-state index in [0.717, 1.165) is 0 Å². The molecule has 1 aliphatic carbocycles. The predicted octanol–water partition coefficient (Wildman–Crippen LogP) is 2.55. The summed E-state index contributed by atoms with van der Waals surface area (Å²) in [4.78, 5) is 11.0. The Morgan fingerprint density at radius 2 is 1.83 bits per heavy atom. The Balaban J connectivity index is 2.30. The van der Waals surface area contributed by atoms with Crippen LogP contribution in [0.5, 0.6) is 0 Å². The summed E-state index contributed by atoms with van der Waals surface area (Å²) in [6, 6.07) is 0. The van der Waals surface area contributed by atoms with E-state index >= 15 is 0 Å². The topological polar surface area (TPSA) is 17.1 Å². The van der Waals surface area contributed by atoms with Crippen LogP contribution in [0.25, 0.3) is 0 Å². The van der Waals surface area contributed by atoms with Gasteiger partial charge in [0.25, 0.3) is 0 Å². The maximum atomic E-state index is 11.0. The Labute approximate surface area is 74.5 Å². The molecule has 12 heavy (non-hydrogen) atoms. The van der Waals surface area contributed by atoms with E-state index in [9.17, 15) is 4.79 Å². The summed E-state index contributed by atoms with van der Waals surface area (Å²) in [5.41, 5.74) is 0. The lowest BCUT2D eigenvalue weighted by Gasteiger charge is -2.09. The average Bonchev–Trinajstić information content (AvgIpc) is 2.33. The summed E-state index contributed by atoms with van der Waals surface area (Å²) in [6.07, 6.45) is 13.3. The highest BCUT2D eigenvalue weighted by atomic mass is 16.1. The molecule has 1 aliphatic rings. The highest BCUT2D eigenvalue weighted by Crippen LogP contribution is 2.25. The first kappa shape index (κ1) is 9.32. The van der Waals surface area contributed by atoms with E-state index in [0.29, 0.717) is 12.3 Å². The van der Waals surface area contributed by atoms with Crippen molar-refractivity contribution in [2.45, 2.75) is 44.9 Å². The van der Waals surface area contributed by atoms with E-state index in [1.54, 1.807) is 0 Å². The number of hydrogen-bond acceptors (Lipinski definition) is 1. The molecule has 0 N–H and O–H groups in total. The van der Waals surface area contributed by atoms with Gasteiger partial charge in [-0.3, -0.25) is 4.79 Å². The third kappa shape index (κ3) is 3.09. The lowest BCUT2D eigenvalue weighted by molar-refractivity contribution is -0.114. The Morgan fingerprint density at radius 1 is 1.25 bits per heavy atom. The van der Waals surface area contributed by atoms with Crippen molar-refractivity contribution in [2.24, 2.45) is 5.92 Å². The van der Waals surface area contributed by atoms with Crippen LogP contribution < -0.4 is 0 Å². The van der Waals surface area contributed by atoms with Gasteiger partial charge in [-0.15, -0.1) is 6.42 Å². The van der Waals surface area contributed by atoms with Crippen molar-refractivity contribution in [1.29, 1.82) is 0 Å². The van der Waals surface area contributed by atoms with Crippen LogP contribution in [0.15, 0.2) is 0 Å². The van der Waals surface area contributed by atoms with E-state index < -0.39 is 0 Å². The van der Waals surface area contributed by atoms with Gasteiger partial charge < -0.3 is 0 Å². The van der Waals surface area contributed by atoms with Crippen molar-refractivity contribution in [3.63, 3.8) is 0 Å². The summed E-state index contributed by atoms with van der Waals surface area (Å²) in [5.74, 6) is 2.76. The molecule has 0 saturated heterocycles. The van der Waals surface area contributed by atoms with Crippen molar-refractivity contribution in [2.75, 3.05) is 0 Å². The number of ketones is 1. The molecule has 0 aliphatic heterocycles. The van der Waals surface area contributed by atoms with Crippen molar-refractivity contribution >= 4 is 5.78 Å². The van der Waals surface area contributed by atoms with Crippen LogP contribution in [0.3, 0.4) is 0 Å². The predicted molar refractivity (Wildman–Crippen MR) is 49.6 cm³/mol. The molecule has 0 aromatic heterocycles. The fourth-order valence-electron chi connectivity index (χ4n) is 1.89. The molecule has 1 heteroatoms. The van der Waals surface area contributed by atoms with Gasteiger partial charge in [-0.25, -0.2) is 0 Å². The second-order valence-corrected chi connectivity index (χ2v) is 3.63. The van der Waals surface area contributed by atoms with Gasteiger partial charge in [-0.1, -0.05) is 25.7 Å². The Kier molecular flexibility index (Phi) is 3.87. The molecule has 0 spiro atoms. The van der Waals surface area contributed by atoms with Crippen LogP contribution in [0.4, 0.5) is 0 Å². The molecule has 0 amide bonds. The lowest BCUT2D eigenvalue weighted by atomic mass is 9.95. The molecule has 1 saturated carbocycles. The smallest absolute Gasteiger partial charge is 0.205 e. The minimum Gasteiger partial charge on any atom is -0.285 e. The van der Waals surface area contributed by atoms with Crippen molar-refractivity contribution in [3.05, 3.63) is 0 Å². The van der Waals surface area contributed by atoms with Crippen LogP contribution in [-0.2, 0) is 4.79 Å². The van der Waals surface area contributed by atoms with Crippen LogP contribution >= 0.6 is 0 Å². The summed E-state index contributed by atoms with van der Waals surface area (Å²) >= 11 is 0. The number of Topliss-reactive ketones (excluding diaryl/α,β-unsaturated/α-hetero) is 1. The first-order chi connectivity index (χ1) is 5.83. The van der Waals surface area contributed by atoms with E-state index in [1.807, 2.05) is 0 Å². The zero-order valence-corrected chi connectivity index (χ0v) is 7.51.